The van der Waals surface area contributed by atoms with Crippen LogP contribution in [0.15, 0.2) is 36.5 Å². The number of aliphatic carboxylic acids is 1. The number of alkyl halides is 2. The van der Waals surface area contributed by atoms with Gasteiger partial charge in [-0.1, -0.05) is 17.7 Å². The molecule has 11 heteroatoms. The van der Waals surface area contributed by atoms with Crippen LogP contribution in [0.3, 0.4) is 0 Å². The minimum atomic E-state index is -2.40. The largest absolute Gasteiger partial charge is 0.481 e. The van der Waals surface area contributed by atoms with E-state index in [1.807, 2.05) is 0 Å². The number of aromatic nitrogens is 2. The predicted molar refractivity (Wildman–Crippen MR) is 140 cm³/mol. The number of carboxylic acid groups (broad SMARTS) is 1. The Balaban J connectivity index is 1.21. The maximum Gasteiger partial charge on any atom is 0.306 e. The molecule has 2 heterocycles. The van der Waals surface area contributed by atoms with Gasteiger partial charge in [0.25, 0.3) is 5.91 Å². The summed E-state index contributed by atoms with van der Waals surface area (Å²) in [7, 11) is 0. The van der Waals surface area contributed by atoms with Crippen molar-refractivity contribution in [3.8, 4) is 0 Å². The second kappa shape index (κ2) is 9.73. The van der Waals surface area contributed by atoms with Crippen LogP contribution in [0.25, 0.3) is 10.9 Å². The van der Waals surface area contributed by atoms with Gasteiger partial charge in [0.05, 0.1) is 45.9 Å². The van der Waals surface area contributed by atoms with Crippen LogP contribution in [0.5, 0.6) is 0 Å². The molecule has 39 heavy (non-hydrogen) atoms. The van der Waals surface area contributed by atoms with Gasteiger partial charge in [-0.25, -0.2) is 13.2 Å². The van der Waals surface area contributed by atoms with Gasteiger partial charge in [-0.05, 0) is 67.9 Å². The fraction of sp³-hybridized carbons (Fsp3) is 0.464. The summed E-state index contributed by atoms with van der Waals surface area (Å²) in [5, 5.41) is 17.7. The number of amides is 1. The normalized spacial score (nSPS) is 26.2. The van der Waals surface area contributed by atoms with Crippen molar-refractivity contribution in [2.45, 2.75) is 51.1 Å². The van der Waals surface area contributed by atoms with Gasteiger partial charge in [0.15, 0.2) is 0 Å². The van der Waals surface area contributed by atoms with Crippen molar-refractivity contribution in [3.63, 3.8) is 0 Å². The van der Waals surface area contributed by atoms with Crippen molar-refractivity contribution >= 4 is 40.1 Å². The average Bonchev–Trinajstić information content (AvgIpc) is 3.24. The number of anilines is 1. The number of fused-ring (bicyclic) bond motifs is 2. The van der Waals surface area contributed by atoms with E-state index in [-0.39, 0.29) is 36.9 Å². The summed E-state index contributed by atoms with van der Waals surface area (Å²) in [5.41, 5.74) is 0.815. The number of nitrogens with one attached hydrogen (secondary N) is 1. The Labute approximate surface area is 227 Å². The quantitative estimate of drug-likeness (QED) is 0.407. The third-order valence-corrected chi connectivity index (χ3v) is 9.06. The molecular formula is C28H28ClF3N4O3. The number of carboxylic acids is 1. The number of nitrogens with zero attached hydrogens (tertiary/aromatic N) is 3. The van der Waals surface area contributed by atoms with Gasteiger partial charge in [-0.15, -0.1) is 0 Å². The van der Waals surface area contributed by atoms with Crippen LogP contribution in [0.1, 0.15) is 48.0 Å². The van der Waals surface area contributed by atoms with Crippen molar-refractivity contribution in [3.05, 3.63) is 58.5 Å². The molecule has 0 spiro atoms. The molecule has 0 bridgehead atoms. The van der Waals surface area contributed by atoms with Crippen LogP contribution in [0.4, 0.5) is 18.9 Å². The second-order valence-corrected chi connectivity index (χ2v) is 11.5. The Kier molecular flexibility index (Phi) is 6.48. The monoisotopic (exact) mass is 560 g/mol. The Morgan fingerprint density at radius 1 is 1.18 bits per heavy atom. The summed E-state index contributed by atoms with van der Waals surface area (Å²) in [4.78, 5) is 26.2. The van der Waals surface area contributed by atoms with E-state index in [9.17, 15) is 23.5 Å². The first-order chi connectivity index (χ1) is 18.7. The first-order valence-corrected chi connectivity index (χ1v) is 13.5. The number of benzene rings is 2. The van der Waals surface area contributed by atoms with Crippen molar-refractivity contribution in [2.24, 2.45) is 17.3 Å². The standard InChI is InChI=1S/C28H28ClF3N4O3/c29-21-7-6-19(25(37)34-18-4-2-16(3-5-18)26(38)39)24-20(21)11-33-36(24)12-15-1-8-23(22(30)9-15)35-13-17-10-28(17,14-35)27(31)32/h1,6-9,11,16-18,27H,2-5,10,12-14H2,(H,34,37)(H,38,39). The van der Waals surface area contributed by atoms with Gasteiger partial charge >= 0.3 is 5.97 Å². The molecule has 2 unspecified atom stereocenters. The highest BCUT2D eigenvalue weighted by atomic mass is 35.5. The van der Waals surface area contributed by atoms with Crippen LogP contribution >= 0.6 is 11.6 Å². The molecule has 1 aromatic heterocycles. The molecule has 2 N–H and O–H groups in total. The van der Waals surface area contributed by atoms with Gasteiger partial charge in [-0.2, -0.15) is 5.10 Å². The number of halogens is 4. The highest BCUT2D eigenvalue weighted by Crippen LogP contribution is 2.61. The first-order valence-electron chi connectivity index (χ1n) is 13.2. The summed E-state index contributed by atoms with van der Waals surface area (Å²) in [5.74, 6) is -2.06. The molecule has 2 atom stereocenters. The minimum Gasteiger partial charge on any atom is -0.481 e. The van der Waals surface area contributed by atoms with E-state index in [4.69, 9.17) is 11.6 Å². The molecule has 2 aromatic carbocycles. The number of hydrogen-bond acceptors (Lipinski definition) is 4. The molecule has 1 amide bonds. The van der Waals surface area contributed by atoms with Crippen LogP contribution in [0.2, 0.25) is 5.02 Å². The molecule has 3 aliphatic rings. The van der Waals surface area contributed by atoms with E-state index in [1.165, 1.54) is 6.07 Å². The topological polar surface area (TPSA) is 87.5 Å². The summed E-state index contributed by atoms with van der Waals surface area (Å²) >= 11 is 6.40. The smallest absolute Gasteiger partial charge is 0.306 e. The zero-order chi connectivity index (χ0) is 27.5. The van der Waals surface area contributed by atoms with Crippen molar-refractivity contribution in [1.29, 1.82) is 0 Å². The predicted octanol–water partition coefficient (Wildman–Crippen LogP) is 5.34. The fourth-order valence-corrected chi connectivity index (χ4v) is 6.55. The Morgan fingerprint density at radius 2 is 1.95 bits per heavy atom. The van der Waals surface area contributed by atoms with Crippen LogP contribution in [-0.2, 0) is 11.3 Å². The average molecular weight is 561 g/mol. The minimum absolute atomic E-state index is 0.0893. The van der Waals surface area contributed by atoms with E-state index in [2.05, 4.69) is 10.4 Å². The van der Waals surface area contributed by atoms with E-state index in [0.717, 1.165) is 0 Å². The lowest BCUT2D eigenvalue weighted by atomic mass is 9.86. The first kappa shape index (κ1) is 26.0. The zero-order valence-electron chi connectivity index (χ0n) is 21.0. The van der Waals surface area contributed by atoms with Crippen molar-refractivity contribution in [1.82, 2.24) is 15.1 Å². The lowest BCUT2D eigenvalue weighted by Gasteiger charge is -2.27. The van der Waals surface area contributed by atoms with Gasteiger partial charge in [-0.3, -0.25) is 14.3 Å². The lowest BCUT2D eigenvalue weighted by Crippen LogP contribution is -2.38. The van der Waals surface area contributed by atoms with E-state index < -0.39 is 23.6 Å². The highest BCUT2D eigenvalue weighted by Gasteiger charge is 2.65. The zero-order valence-corrected chi connectivity index (χ0v) is 21.8. The van der Waals surface area contributed by atoms with E-state index >= 15 is 4.39 Å². The Hall–Kier alpha value is -3.27. The molecule has 1 aliphatic heterocycles. The fourth-order valence-electron chi connectivity index (χ4n) is 6.34. The number of piperidine rings is 1. The summed E-state index contributed by atoms with van der Waals surface area (Å²) in [6, 6.07) is 7.88. The van der Waals surface area contributed by atoms with E-state index in [0.29, 0.717) is 71.4 Å². The number of hydrogen-bond donors (Lipinski definition) is 2. The second-order valence-electron chi connectivity index (χ2n) is 11.1. The molecule has 3 aromatic rings. The number of carbonyl (C=O) groups excluding carboxylic acids is 1. The van der Waals surface area contributed by atoms with Crippen molar-refractivity contribution in [2.75, 3.05) is 18.0 Å². The Morgan fingerprint density at radius 3 is 2.62 bits per heavy atom. The van der Waals surface area contributed by atoms with E-state index in [1.54, 1.807) is 40.0 Å². The molecule has 1 saturated heterocycles. The van der Waals surface area contributed by atoms with Gasteiger partial charge in [0, 0.05) is 24.5 Å². The number of carbonyl (C=O) groups is 2. The lowest BCUT2D eigenvalue weighted by molar-refractivity contribution is -0.142. The van der Waals surface area contributed by atoms with Gasteiger partial charge < -0.3 is 15.3 Å². The molecule has 7 nitrogen and oxygen atoms in total. The SMILES string of the molecule is O=C(NC1CCC(C(=O)O)CC1)c1ccc(Cl)c2cnn(Cc3ccc(N4CC5CC5(C(F)F)C4)c(F)c3)c12. The molecular weight excluding hydrogens is 533 g/mol. The van der Waals surface area contributed by atoms with Crippen molar-refractivity contribution < 1.29 is 27.9 Å². The van der Waals surface area contributed by atoms with Gasteiger partial charge in [0.1, 0.15) is 5.82 Å². The molecule has 2 saturated carbocycles. The molecule has 206 valence electrons. The van der Waals surface area contributed by atoms with Gasteiger partial charge in [0.2, 0.25) is 6.43 Å². The van der Waals surface area contributed by atoms with Crippen LogP contribution in [0, 0.1) is 23.1 Å². The third-order valence-electron chi connectivity index (χ3n) is 8.73. The maximum atomic E-state index is 15.1. The highest BCUT2D eigenvalue weighted by molar-refractivity contribution is 6.36. The summed E-state index contributed by atoms with van der Waals surface area (Å²) < 4.78 is 43.7. The molecule has 2 aliphatic carbocycles. The van der Waals surface area contributed by atoms with Crippen LogP contribution < -0.4 is 10.2 Å². The third kappa shape index (κ3) is 4.62. The molecule has 6 rings (SSSR count). The molecule has 3 fully saturated rings. The maximum absolute atomic E-state index is 15.1. The van der Waals surface area contributed by atoms with Crippen LogP contribution in [-0.4, -0.2) is 52.3 Å². The number of rotatable bonds is 7. The molecule has 0 radical (unpaired) electrons. The Bertz CT molecular complexity index is 1460. The summed E-state index contributed by atoms with van der Waals surface area (Å²) in [6.45, 7) is 0.762. The summed E-state index contributed by atoms with van der Waals surface area (Å²) in [6.07, 6.45) is 1.85.